The highest BCUT2D eigenvalue weighted by atomic mass is 35.5. The van der Waals surface area contributed by atoms with E-state index in [4.69, 9.17) is 16.3 Å². The molecule has 2 amide bonds. The molecule has 0 aliphatic heterocycles. The number of halogens is 1. The molecule has 2 aromatic carbocycles. The fourth-order valence-electron chi connectivity index (χ4n) is 2.10. The van der Waals surface area contributed by atoms with Crippen LogP contribution in [0.3, 0.4) is 0 Å². The lowest BCUT2D eigenvalue weighted by atomic mass is 10.0. The van der Waals surface area contributed by atoms with Crippen molar-refractivity contribution in [3.8, 4) is 5.75 Å². The standard InChI is InChI=1S/C18H19ClN2O3/c1-12(13-3-9-16(24-2)10-4-13)11-20-17(22)18(23)21-15-7-5-14(19)6-8-15/h3-10,12H,11H2,1-2H3,(H,20,22)(H,21,23). The molecule has 1 atom stereocenters. The lowest BCUT2D eigenvalue weighted by Gasteiger charge is -2.13. The Morgan fingerprint density at radius 1 is 1.04 bits per heavy atom. The molecule has 24 heavy (non-hydrogen) atoms. The normalized spacial score (nSPS) is 11.5. The summed E-state index contributed by atoms with van der Waals surface area (Å²) in [5.74, 6) is -0.537. The fraction of sp³-hybridized carbons (Fsp3) is 0.222. The fourth-order valence-corrected chi connectivity index (χ4v) is 2.22. The van der Waals surface area contributed by atoms with Gasteiger partial charge in [0.2, 0.25) is 0 Å². The van der Waals surface area contributed by atoms with Gasteiger partial charge in [-0.05, 0) is 47.9 Å². The molecule has 5 nitrogen and oxygen atoms in total. The molecule has 1 unspecified atom stereocenters. The van der Waals surface area contributed by atoms with E-state index in [0.717, 1.165) is 11.3 Å². The van der Waals surface area contributed by atoms with Gasteiger partial charge in [0.25, 0.3) is 0 Å². The Morgan fingerprint density at radius 2 is 1.67 bits per heavy atom. The molecule has 0 aliphatic carbocycles. The average Bonchev–Trinajstić information content (AvgIpc) is 2.61. The maximum atomic E-state index is 11.9. The summed E-state index contributed by atoms with van der Waals surface area (Å²) in [6.45, 7) is 2.33. The summed E-state index contributed by atoms with van der Waals surface area (Å²) in [5, 5.41) is 5.71. The zero-order valence-corrected chi connectivity index (χ0v) is 14.3. The average molecular weight is 347 g/mol. The van der Waals surface area contributed by atoms with Gasteiger partial charge in [-0.1, -0.05) is 30.7 Å². The number of hydrogen-bond donors (Lipinski definition) is 2. The van der Waals surface area contributed by atoms with E-state index in [-0.39, 0.29) is 5.92 Å². The van der Waals surface area contributed by atoms with E-state index in [9.17, 15) is 9.59 Å². The SMILES string of the molecule is COc1ccc(C(C)CNC(=O)C(=O)Nc2ccc(Cl)cc2)cc1. The van der Waals surface area contributed by atoms with Gasteiger partial charge in [-0.15, -0.1) is 0 Å². The maximum absolute atomic E-state index is 11.9. The molecule has 126 valence electrons. The van der Waals surface area contributed by atoms with Crippen LogP contribution >= 0.6 is 11.6 Å². The molecule has 2 aromatic rings. The number of hydrogen-bond acceptors (Lipinski definition) is 3. The third kappa shape index (κ3) is 4.99. The van der Waals surface area contributed by atoms with Crippen molar-refractivity contribution in [2.75, 3.05) is 19.0 Å². The zero-order chi connectivity index (χ0) is 17.5. The highest BCUT2D eigenvalue weighted by molar-refractivity contribution is 6.39. The minimum absolute atomic E-state index is 0.0724. The van der Waals surface area contributed by atoms with Crippen molar-refractivity contribution in [3.05, 3.63) is 59.1 Å². The van der Waals surface area contributed by atoms with E-state index in [2.05, 4.69) is 10.6 Å². The molecule has 0 aromatic heterocycles. The van der Waals surface area contributed by atoms with Crippen LogP contribution in [0.15, 0.2) is 48.5 Å². The van der Waals surface area contributed by atoms with Gasteiger partial charge in [-0.2, -0.15) is 0 Å². The Bertz CT molecular complexity index is 699. The van der Waals surface area contributed by atoms with Crippen LogP contribution in [0, 0.1) is 0 Å². The lowest BCUT2D eigenvalue weighted by Crippen LogP contribution is -2.37. The van der Waals surface area contributed by atoms with Crippen molar-refractivity contribution in [3.63, 3.8) is 0 Å². The van der Waals surface area contributed by atoms with Crippen LogP contribution in [0.2, 0.25) is 5.02 Å². The molecule has 2 rings (SSSR count). The summed E-state index contributed by atoms with van der Waals surface area (Å²) in [5.41, 5.74) is 1.57. The van der Waals surface area contributed by atoms with Gasteiger partial charge in [-0.25, -0.2) is 0 Å². The number of amides is 2. The number of nitrogens with one attached hydrogen (secondary N) is 2. The second-order valence-corrected chi connectivity index (χ2v) is 5.78. The van der Waals surface area contributed by atoms with Gasteiger partial charge in [0.05, 0.1) is 7.11 Å². The van der Waals surface area contributed by atoms with Crippen LogP contribution in [0.25, 0.3) is 0 Å². The monoisotopic (exact) mass is 346 g/mol. The van der Waals surface area contributed by atoms with Gasteiger partial charge >= 0.3 is 11.8 Å². The molecule has 6 heteroatoms. The zero-order valence-electron chi connectivity index (χ0n) is 13.5. The third-order valence-corrected chi connectivity index (χ3v) is 3.81. The summed E-state index contributed by atoms with van der Waals surface area (Å²) >= 11 is 5.77. The maximum Gasteiger partial charge on any atom is 0.313 e. The van der Waals surface area contributed by atoms with Gasteiger partial charge in [0.1, 0.15) is 5.75 Å². The Labute approximate surface area is 146 Å². The Morgan fingerprint density at radius 3 is 2.25 bits per heavy atom. The van der Waals surface area contributed by atoms with Crippen LogP contribution in [0.5, 0.6) is 5.75 Å². The number of carbonyl (C=O) groups is 2. The molecular formula is C18H19ClN2O3. The van der Waals surface area contributed by atoms with Crippen LogP contribution < -0.4 is 15.4 Å². The number of methoxy groups -OCH3 is 1. The highest BCUT2D eigenvalue weighted by Crippen LogP contribution is 2.18. The van der Waals surface area contributed by atoms with Crippen LogP contribution in [-0.4, -0.2) is 25.5 Å². The van der Waals surface area contributed by atoms with Crippen molar-refractivity contribution >= 4 is 29.1 Å². The van der Waals surface area contributed by atoms with E-state index in [1.165, 1.54) is 0 Å². The molecular weight excluding hydrogens is 328 g/mol. The summed E-state index contributed by atoms with van der Waals surface area (Å²) in [6, 6.07) is 14.1. The van der Waals surface area contributed by atoms with E-state index in [1.807, 2.05) is 31.2 Å². The van der Waals surface area contributed by atoms with E-state index >= 15 is 0 Å². The summed E-state index contributed by atoms with van der Waals surface area (Å²) in [4.78, 5) is 23.7. The number of carbonyl (C=O) groups excluding carboxylic acids is 2. The molecule has 0 heterocycles. The molecule has 0 aliphatic rings. The van der Waals surface area contributed by atoms with E-state index in [0.29, 0.717) is 17.3 Å². The van der Waals surface area contributed by atoms with Crippen molar-refractivity contribution < 1.29 is 14.3 Å². The Balaban J connectivity index is 1.84. The van der Waals surface area contributed by atoms with Crippen molar-refractivity contribution in [1.82, 2.24) is 5.32 Å². The quantitative estimate of drug-likeness (QED) is 0.817. The molecule has 2 N–H and O–H groups in total. The summed E-state index contributed by atoms with van der Waals surface area (Å²) in [7, 11) is 1.61. The number of anilines is 1. The predicted octanol–water partition coefficient (Wildman–Crippen LogP) is 3.21. The van der Waals surface area contributed by atoms with E-state index < -0.39 is 11.8 Å². The van der Waals surface area contributed by atoms with Crippen molar-refractivity contribution in [2.24, 2.45) is 0 Å². The minimum atomic E-state index is -0.709. The first-order chi connectivity index (χ1) is 11.5. The Hall–Kier alpha value is -2.53. The third-order valence-electron chi connectivity index (χ3n) is 3.56. The molecule has 0 radical (unpaired) electrons. The second kappa shape index (κ2) is 8.36. The van der Waals surface area contributed by atoms with Crippen LogP contribution in [0.1, 0.15) is 18.4 Å². The van der Waals surface area contributed by atoms with Crippen molar-refractivity contribution in [1.29, 1.82) is 0 Å². The molecule has 0 spiro atoms. The number of benzene rings is 2. The number of ether oxygens (including phenoxy) is 1. The molecule has 0 saturated heterocycles. The van der Waals surface area contributed by atoms with Crippen LogP contribution in [0.4, 0.5) is 5.69 Å². The highest BCUT2D eigenvalue weighted by Gasteiger charge is 2.15. The first-order valence-electron chi connectivity index (χ1n) is 7.48. The van der Waals surface area contributed by atoms with E-state index in [1.54, 1.807) is 31.4 Å². The first-order valence-corrected chi connectivity index (χ1v) is 7.86. The lowest BCUT2D eigenvalue weighted by molar-refractivity contribution is -0.136. The first kappa shape index (κ1) is 17.8. The molecule has 0 bridgehead atoms. The molecule has 0 saturated carbocycles. The predicted molar refractivity (Wildman–Crippen MR) is 94.5 cm³/mol. The van der Waals surface area contributed by atoms with Gasteiger partial charge < -0.3 is 15.4 Å². The topological polar surface area (TPSA) is 67.4 Å². The minimum Gasteiger partial charge on any atom is -0.497 e. The smallest absolute Gasteiger partial charge is 0.313 e. The van der Waals surface area contributed by atoms with Crippen molar-refractivity contribution in [2.45, 2.75) is 12.8 Å². The number of rotatable bonds is 5. The largest absolute Gasteiger partial charge is 0.497 e. The molecule has 0 fully saturated rings. The Kier molecular flexibility index (Phi) is 6.21. The second-order valence-electron chi connectivity index (χ2n) is 5.35. The van der Waals surface area contributed by atoms with Gasteiger partial charge in [0.15, 0.2) is 0 Å². The van der Waals surface area contributed by atoms with Gasteiger partial charge in [-0.3, -0.25) is 9.59 Å². The summed E-state index contributed by atoms with van der Waals surface area (Å²) in [6.07, 6.45) is 0. The summed E-state index contributed by atoms with van der Waals surface area (Å²) < 4.78 is 5.11. The van der Waals surface area contributed by atoms with Gasteiger partial charge in [0, 0.05) is 17.3 Å². The van der Waals surface area contributed by atoms with Crippen LogP contribution in [-0.2, 0) is 9.59 Å².